The molecule has 2 saturated heterocycles. The highest BCUT2D eigenvalue weighted by molar-refractivity contribution is 6.39. The number of nitrogens with zero attached hydrogens (tertiary/aromatic N) is 4. The van der Waals surface area contributed by atoms with E-state index in [0.717, 1.165) is 46.2 Å². The van der Waals surface area contributed by atoms with Gasteiger partial charge in [0.15, 0.2) is 0 Å². The standard InChI is InChI=1S/C33H31Cl2N7O5/c1-40-13-21(30(44)41(2)32(40)46)28(43)37-22-9-5-7-19(27(22)35)18-6-4-8-20(26(18)34)23-12-17-10-11-24(25(17)29(38-23)47-3)42-15-33(16-42)14-36-31(45)39-33/h4-9,12-13,24H,10-11,14-16H2,1-3H3,(H,37,43)(H2,36,39,45). The molecule has 0 saturated carbocycles. The Labute approximate surface area is 279 Å². The predicted octanol–water partition coefficient (Wildman–Crippen LogP) is 3.74. The smallest absolute Gasteiger partial charge is 0.330 e. The van der Waals surface area contributed by atoms with Crippen LogP contribution in [0.1, 0.15) is 33.9 Å². The molecule has 3 aliphatic rings. The fraction of sp³-hybridized carbons (Fsp3) is 0.303. The molecule has 1 spiro atoms. The molecule has 3 N–H and O–H groups in total. The van der Waals surface area contributed by atoms with Crippen molar-refractivity contribution in [2.45, 2.75) is 24.4 Å². The van der Waals surface area contributed by atoms with Crippen molar-refractivity contribution in [1.29, 1.82) is 0 Å². The molecule has 2 fully saturated rings. The number of halogens is 2. The minimum Gasteiger partial charge on any atom is -0.481 e. The Balaban J connectivity index is 1.18. The molecule has 2 aromatic heterocycles. The largest absolute Gasteiger partial charge is 0.481 e. The number of likely N-dealkylation sites (tertiary alicyclic amines) is 1. The highest BCUT2D eigenvalue weighted by Crippen LogP contribution is 2.47. The van der Waals surface area contributed by atoms with E-state index in [9.17, 15) is 19.2 Å². The maximum atomic E-state index is 13.1. The SMILES string of the molecule is COc1nc(-c2cccc(-c3cccc(NC(=O)c4cn(C)c(=O)n(C)c4=O)c3Cl)c2Cl)cc2c1C(N1CC3(CNC(=O)N3)C1)CC2. The van der Waals surface area contributed by atoms with E-state index >= 15 is 0 Å². The van der Waals surface area contributed by atoms with E-state index in [4.69, 9.17) is 32.9 Å². The molecule has 2 aliphatic heterocycles. The molecule has 14 heteroatoms. The van der Waals surface area contributed by atoms with Crippen LogP contribution in [-0.4, -0.2) is 63.2 Å². The molecule has 1 unspecified atom stereocenters. The number of pyridine rings is 1. The number of fused-ring (bicyclic) bond motifs is 1. The lowest BCUT2D eigenvalue weighted by molar-refractivity contribution is 0.0248. The number of carbonyl (C=O) groups excluding carboxylic acids is 2. The first-order chi connectivity index (χ1) is 22.5. The highest BCUT2D eigenvalue weighted by Gasteiger charge is 2.51. The minimum absolute atomic E-state index is 0.120. The molecule has 2 aromatic carbocycles. The number of nitrogens with one attached hydrogen (secondary N) is 3. The summed E-state index contributed by atoms with van der Waals surface area (Å²) in [5.41, 5.74) is 3.34. The van der Waals surface area contributed by atoms with Gasteiger partial charge >= 0.3 is 11.7 Å². The second kappa shape index (κ2) is 11.5. The van der Waals surface area contributed by atoms with Gasteiger partial charge in [0, 0.05) is 68.2 Å². The zero-order chi connectivity index (χ0) is 33.2. The molecule has 1 aliphatic carbocycles. The fourth-order valence-electron chi connectivity index (χ4n) is 6.89. The van der Waals surface area contributed by atoms with Crippen molar-refractivity contribution in [3.63, 3.8) is 0 Å². The summed E-state index contributed by atoms with van der Waals surface area (Å²) in [6.07, 6.45) is 2.97. The number of hydrogen-bond donors (Lipinski definition) is 3. The summed E-state index contributed by atoms with van der Waals surface area (Å²) >= 11 is 13.9. The molecule has 4 heterocycles. The first-order valence-electron chi connectivity index (χ1n) is 15.0. The van der Waals surface area contributed by atoms with Crippen molar-refractivity contribution in [2.24, 2.45) is 14.1 Å². The lowest BCUT2D eigenvalue weighted by atomic mass is 9.88. The highest BCUT2D eigenvalue weighted by atomic mass is 35.5. The third-order valence-electron chi connectivity index (χ3n) is 9.24. The Morgan fingerprint density at radius 1 is 1.04 bits per heavy atom. The first kappa shape index (κ1) is 31.0. The van der Waals surface area contributed by atoms with Crippen LogP contribution in [0.3, 0.4) is 0 Å². The van der Waals surface area contributed by atoms with Crippen molar-refractivity contribution in [3.05, 3.63) is 96.2 Å². The van der Waals surface area contributed by atoms with Crippen LogP contribution in [0, 0.1) is 0 Å². The Morgan fingerprint density at radius 3 is 2.45 bits per heavy atom. The van der Waals surface area contributed by atoms with Crippen molar-refractivity contribution in [2.75, 3.05) is 32.1 Å². The average Bonchev–Trinajstić information content (AvgIpc) is 3.65. The fourth-order valence-corrected chi connectivity index (χ4v) is 7.49. The second-order valence-corrected chi connectivity index (χ2v) is 13.0. The number of benzene rings is 2. The maximum absolute atomic E-state index is 13.1. The predicted molar refractivity (Wildman–Crippen MR) is 178 cm³/mol. The van der Waals surface area contributed by atoms with E-state index in [0.29, 0.717) is 39.8 Å². The molecule has 242 valence electrons. The molecule has 47 heavy (non-hydrogen) atoms. The number of aryl methyl sites for hydroxylation is 2. The maximum Gasteiger partial charge on any atom is 0.330 e. The van der Waals surface area contributed by atoms with Gasteiger partial charge in [0.25, 0.3) is 11.5 Å². The molecule has 1 atom stereocenters. The van der Waals surface area contributed by atoms with Gasteiger partial charge in [0.1, 0.15) is 5.56 Å². The Bertz CT molecular complexity index is 2100. The van der Waals surface area contributed by atoms with Crippen LogP contribution in [0.4, 0.5) is 10.5 Å². The van der Waals surface area contributed by atoms with Crippen LogP contribution in [0.5, 0.6) is 5.88 Å². The normalized spacial score (nSPS) is 18.0. The number of aromatic nitrogens is 3. The van der Waals surface area contributed by atoms with Crippen molar-refractivity contribution in [1.82, 2.24) is 29.7 Å². The van der Waals surface area contributed by atoms with E-state index in [2.05, 4.69) is 26.9 Å². The zero-order valence-electron chi connectivity index (χ0n) is 25.8. The van der Waals surface area contributed by atoms with Gasteiger partial charge < -0.3 is 25.3 Å². The second-order valence-electron chi connectivity index (χ2n) is 12.2. The topological polar surface area (TPSA) is 140 Å². The van der Waals surface area contributed by atoms with E-state index in [1.54, 1.807) is 25.3 Å². The van der Waals surface area contributed by atoms with E-state index in [1.165, 1.54) is 20.3 Å². The number of anilines is 1. The summed E-state index contributed by atoms with van der Waals surface area (Å²) in [5.74, 6) is -0.158. The van der Waals surface area contributed by atoms with Crippen LogP contribution in [0.2, 0.25) is 10.0 Å². The number of urea groups is 1. The number of ether oxygens (including phenoxy) is 1. The van der Waals surface area contributed by atoms with Crippen LogP contribution >= 0.6 is 23.2 Å². The van der Waals surface area contributed by atoms with Crippen LogP contribution in [0.15, 0.2) is 58.3 Å². The van der Waals surface area contributed by atoms with Gasteiger partial charge in [0.2, 0.25) is 5.88 Å². The third-order valence-corrected chi connectivity index (χ3v) is 10.1. The zero-order valence-corrected chi connectivity index (χ0v) is 27.3. The lowest BCUT2D eigenvalue weighted by Crippen LogP contribution is -2.69. The molecular weight excluding hydrogens is 645 g/mol. The summed E-state index contributed by atoms with van der Waals surface area (Å²) in [5, 5.41) is 9.27. The molecule has 7 rings (SSSR count). The van der Waals surface area contributed by atoms with E-state index in [-0.39, 0.29) is 33.9 Å². The van der Waals surface area contributed by atoms with Crippen LogP contribution in [-0.2, 0) is 20.5 Å². The number of carbonyl (C=O) groups is 2. The molecule has 0 bridgehead atoms. The Kier molecular flexibility index (Phi) is 7.61. The number of rotatable bonds is 6. The molecule has 12 nitrogen and oxygen atoms in total. The van der Waals surface area contributed by atoms with Gasteiger partial charge in [-0.3, -0.25) is 19.1 Å². The summed E-state index contributed by atoms with van der Waals surface area (Å²) in [6.45, 7) is 2.15. The van der Waals surface area contributed by atoms with Crippen molar-refractivity contribution in [3.8, 4) is 28.3 Å². The molecule has 0 radical (unpaired) electrons. The van der Waals surface area contributed by atoms with Crippen LogP contribution < -0.4 is 31.9 Å². The number of amides is 3. The summed E-state index contributed by atoms with van der Waals surface area (Å²) < 4.78 is 7.86. The van der Waals surface area contributed by atoms with Gasteiger partial charge in [-0.15, -0.1) is 0 Å². The van der Waals surface area contributed by atoms with Crippen LogP contribution in [0.25, 0.3) is 22.4 Å². The quantitative estimate of drug-likeness (QED) is 0.283. The van der Waals surface area contributed by atoms with Gasteiger partial charge in [-0.2, -0.15) is 0 Å². The average molecular weight is 677 g/mol. The summed E-state index contributed by atoms with van der Waals surface area (Å²) in [7, 11) is 4.38. The van der Waals surface area contributed by atoms with E-state index < -0.39 is 17.2 Å². The lowest BCUT2D eigenvalue weighted by Gasteiger charge is -2.50. The van der Waals surface area contributed by atoms with Crippen molar-refractivity contribution < 1.29 is 14.3 Å². The van der Waals surface area contributed by atoms with Gasteiger partial charge in [-0.05, 0) is 30.5 Å². The van der Waals surface area contributed by atoms with Gasteiger partial charge in [-0.25, -0.2) is 14.6 Å². The third kappa shape index (κ3) is 5.16. The number of hydrogen-bond acceptors (Lipinski definition) is 7. The molecule has 3 amide bonds. The molecule has 4 aromatic rings. The number of methoxy groups -OCH3 is 1. The minimum atomic E-state index is -0.717. The molecular formula is C33H31Cl2N7O5. The Morgan fingerprint density at radius 2 is 1.74 bits per heavy atom. The van der Waals surface area contributed by atoms with Gasteiger partial charge in [0.05, 0.1) is 34.1 Å². The van der Waals surface area contributed by atoms with Gasteiger partial charge in [-0.1, -0.05) is 53.5 Å². The first-order valence-corrected chi connectivity index (χ1v) is 15.8. The monoisotopic (exact) mass is 675 g/mol. The summed E-state index contributed by atoms with van der Waals surface area (Å²) in [6, 6.07) is 12.8. The van der Waals surface area contributed by atoms with E-state index in [1.807, 2.05) is 18.2 Å². The van der Waals surface area contributed by atoms with Crippen molar-refractivity contribution >= 4 is 40.8 Å². The summed E-state index contributed by atoms with van der Waals surface area (Å²) in [4.78, 5) is 56.8. The Hall–Kier alpha value is -4.65.